The largest absolute Gasteiger partial charge is 0.310 e. The molecule has 40 heavy (non-hydrogen) atoms. The van der Waals surface area contributed by atoms with Crippen LogP contribution in [-0.4, -0.2) is 14.5 Å². The van der Waals surface area contributed by atoms with Crippen LogP contribution >= 0.6 is 11.3 Å². The fourth-order valence-electron chi connectivity index (χ4n) is 5.82. The lowest BCUT2D eigenvalue weighted by molar-refractivity contribution is 0.967. The van der Waals surface area contributed by atoms with Gasteiger partial charge in [-0.25, -0.2) is 9.97 Å². The Hall–Kier alpha value is -4.80. The van der Waals surface area contributed by atoms with Gasteiger partial charge < -0.3 is 4.57 Å². The van der Waals surface area contributed by atoms with Crippen molar-refractivity contribution in [2.24, 2.45) is 0 Å². The topological polar surface area (TPSA) is 30.7 Å². The Morgan fingerprint density at radius 3 is 2.40 bits per heavy atom. The summed E-state index contributed by atoms with van der Waals surface area (Å²) in [4.78, 5) is 11.3. The van der Waals surface area contributed by atoms with Gasteiger partial charge in [0.25, 0.3) is 0 Å². The molecule has 3 heterocycles. The van der Waals surface area contributed by atoms with Gasteiger partial charge in [-0.3, -0.25) is 0 Å². The van der Waals surface area contributed by atoms with Gasteiger partial charge in [0.1, 0.15) is 0 Å². The second-order valence-electron chi connectivity index (χ2n) is 10.2. The lowest BCUT2D eigenvalue weighted by Crippen LogP contribution is -2.01. The Morgan fingerprint density at radius 2 is 1.48 bits per heavy atom. The van der Waals surface area contributed by atoms with Crippen LogP contribution < -0.4 is 0 Å². The van der Waals surface area contributed by atoms with Crippen molar-refractivity contribution in [1.82, 2.24) is 14.5 Å². The third-order valence-corrected chi connectivity index (χ3v) is 8.83. The lowest BCUT2D eigenvalue weighted by atomic mass is 10.0. The molecule has 0 aliphatic heterocycles. The summed E-state index contributed by atoms with van der Waals surface area (Å²) < 4.78 is 3.66. The Balaban J connectivity index is 1.32. The molecule has 0 atom stereocenters. The molecule has 8 rings (SSSR count). The average Bonchev–Trinajstić information content (AvgIpc) is 3.61. The number of benzene rings is 4. The summed E-state index contributed by atoms with van der Waals surface area (Å²) >= 11 is 1.77. The molecule has 0 bridgehead atoms. The Bertz CT molecular complexity index is 2030. The van der Waals surface area contributed by atoms with Gasteiger partial charge in [-0.2, -0.15) is 0 Å². The van der Waals surface area contributed by atoms with E-state index in [0.717, 1.165) is 51.7 Å². The maximum atomic E-state index is 5.10. The number of hydrogen-bond acceptors (Lipinski definition) is 3. The number of allylic oxidation sites excluding steroid dienone is 1. The molecule has 3 nitrogen and oxygen atoms in total. The zero-order chi connectivity index (χ0) is 26.5. The zero-order valence-electron chi connectivity index (χ0n) is 21.8. The minimum atomic E-state index is 0.739. The first kappa shape index (κ1) is 23.1. The first-order chi connectivity index (χ1) is 19.8. The minimum absolute atomic E-state index is 0.739. The zero-order valence-corrected chi connectivity index (χ0v) is 22.6. The molecule has 7 aromatic rings. The van der Waals surface area contributed by atoms with E-state index in [1.165, 1.54) is 32.2 Å². The molecule has 0 amide bonds. The molecular formula is C36H25N3S. The van der Waals surface area contributed by atoms with Gasteiger partial charge in [0.05, 0.1) is 21.8 Å². The molecule has 1 aliphatic rings. The molecule has 0 fully saturated rings. The first-order valence-electron chi connectivity index (χ1n) is 13.6. The number of fused-ring (bicyclic) bond motifs is 4. The molecule has 0 saturated carbocycles. The van der Waals surface area contributed by atoms with Crippen LogP contribution in [0.1, 0.15) is 17.7 Å². The van der Waals surface area contributed by atoms with Gasteiger partial charge in [-0.15, -0.1) is 11.3 Å². The lowest BCUT2D eigenvalue weighted by Gasteiger charge is -2.14. The number of nitrogens with zero attached hydrogens (tertiary/aromatic N) is 3. The van der Waals surface area contributed by atoms with Crippen molar-refractivity contribution in [3.05, 3.63) is 133 Å². The number of thiophene rings is 1. The summed E-state index contributed by atoms with van der Waals surface area (Å²) in [5.41, 5.74) is 9.06. The van der Waals surface area contributed by atoms with Crippen molar-refractivity contribution >= 4 is 38.4 Å². The van der Waals surface area contributed by atoms with Gasteiger partial charge in [0, 0.05) is 32.6 Å². The average molecular weight is 532 g/mol. The van der Waals surface area contributed by atoms with Crippen molar-refractivity contribution in [1.29, 1.82) is 0 Å². The first-order valence-corrected chi connectivity index (χ1v) is 14.5. The Labute approximate surface area is 236 Å². The Kier molecular flexibility index (Phi) is 5.45. The van der Waals surface area contributed by atoms with Gasteiger partial charge in [0.2, 0.25) is 0 Å². The fraction of sp³-hybridized carbons (Fsp3) is 0.0556. The quantitative estimate of drug-likeness (QED) is 0.226. The highest BCUT2D eigenvalue weighted by atomic mass is 32.1. The molecule has 190 valence electrons. The second kappa shape index (κ2) is 9.44. The minimum Gasteiger partial charge on any atom is -0.310 e. The summed E-state index contributed by atoms with van der Waals surface area (Å²) in [6.07, 6.45) is 6.73. The van der Waals surface area contributed by atoms with E-state index in [9.17, 15) is 0 Å². The van der Waals surface area contributed by atoms with E-state index >= 15 is 0 Å². The van der Waals surface area contributed by atoms with Crippen LogP contribution in [0, 0.1) is 0 Å². The van der Waals surface area contributed by atoms with Gasteiger partial charge in [-0.05, 0) is 66.3 Å². The summed E-state index contributed by atoms with van der Waals surface area (Å²) in [5, 5.41) is 2.58. The molecule has 0 N–H and O–H groups in total. The summed E-state index contributed by atoms with van der Waals surface area (Å²) in [7, 11) is 0. The summed E-state index contributed by atoms with van der Waals surface area (Å²) in [5.74, 6) is 0.739. The highest BCUT2D eigenvalue weighted by molar-refractivity contribution is 7.22. The molecule has 4 heteroatoms. The van der Waals surface area contributed by atoms with E-state index in [1.54, 1.807) is 11.3 Å². The van der Waals surface area contributed by atoms with Crippen LogP contribution in [0.4, 0.5) is 0 Å². The molecule has 0 unspecified atom stereocenters. The maximum absolute atomic E-state index is 5.10. The highest BCUT2D eigenvalue weighted by Crippen LogP contribution is 2.37. The normalized spacial score (nSPS) is 12.7. The van der Waals surface area contributed by atoms with Crippen LogP contribution in [0.3, 0.4) is 0 Å². The van der Waals surface area contributed by atoms with Crippen molar-refractivity contribution in [3.8, 4) is 38.9 Å². The van der Waals surface area contributed by atoms with Crippen molar-refractivity contribution in [2.75, 3.05) is 0 Å². The molecule has 0 radical (unpaired) electrons. The van der Waals surface area contributed by atoms with Crippen molar-refractivity contribution in [2.45, 2.75) is 12.8 Å². The summed E-state index contributed by atoms with van der Waals surface area (Å²) in [6, 6.07) is 40.7. The molecule has 4 aromatic carbocycles. The molecule has 1 aliphatic carbocycles. The van der Waals surface area contributed by atoms with Gasteiger partial charge in [0.15, 0.2) is 5.82 Å². The number of rotatable bonds is 4. The van der Waals surface area contributed by atoms with Gasteiger partial charge in [-0.1, -0.05) is 84.9 Å². The standard InChI is InChI=1S/C36H25N3S/c1-2-11-24(12-3-1)36-37-30(23-31(38-36)35-22-26-13-4-9-20-34(26)40-35)25-14-10-15-27(21-25)39-32-18-7-5-16-28(32)29-17-6-8-19-33(29)39/h1-5,7-16,18-23H,6,17H2. The highest BCUT2D eigenvalue weighted by Gasteiger charge is 2.19. The van der Waals surface area contributed by atoms with Crippen LogP contribution in [0.25, 0.3) is 66.0 Å². The predicted octanol–water partition coefficient (Wildman–Crippen LogP) is 9.60. The Morgan fingerprint density at radius 1 is 0.675 bits per heavy atom. The van der Waals surface area contributed by atoms with Crippen molar-refractivity contribution in [3.63, 3.8) is 0 Å². The van der Waals surface area contributed by atoms with E-state index < -0.39 is 0 Å². The van der Waals surface area contributed by atoms with E-state index in [0.29, 0.717) is 0 Å². The fourth-order valence-corrected chi connectivity index (χ4v) is 6.84. The van der Waals surface area contributed by atoms with Crippen LogP contribution in [0.5, 0.6) is 0 Å². The number of para-hydroxylation sites is 1. The van der Waals surface area contributed by atoms with E-state index in [1.807, 2.05) is 18.2 Å². The van der Waals surface area contributed by atoms with Crippen LogP contribution in [0.15, 0.2) is 121 Å². The van der Waals surface area contributed by atoms with Crippen LogP contribution in [0.2, 0.25) is 0 Å². The maximum Gasteiger partial charge on any atom is 0.160 e. The van der Waals surface area contributed by atoms with E-state index in [2.05, 4.69) is 114 Å². The second-order valence-corrected chi connectivity index (χ2v) is 11.3. The number of aromatic nitrogens is 3. The van der Waals surface area contributed by atoms with Crippen molar-refractivity contribution < 1.29 is 0 Å². The molecule has 0 saturated heterocycles. The SMILES string of the molecule is C1=Cc2c(c3ccccc3n2-c2cccc(-c3cc(-c4cc5ccccc5s4)nc(-c4ccccc4)n3)c2)CC1. The van der Waals surface area contributed by atoms with E-state index in [-0.39, 0.29) is 0 Å². The third kappa shape index (κ3) is 3.88. The number of aryl methyl sites for hydroxylation is 1. The summed E-state index contributed by atoms with van der Waals surface area (Å²) in [6.45, 7) is 0. The van der Waals surface area contributed by atoms with Gasteiger partial charge >= 0.3 is 0 Å². The molecule has 0 spiro atoms. The van der Waals surface area contributed by atoms with E-state index in [4.69, 9.17) is 9.97 Å². The monoisotopic (exact) mass is 531 g/mol. The third-order valence-electron chi connectivity index (χ3n) is 7.69. The molecular weight excluding hydrogens is 506 g/mol. The smallest absolute Gasteiger partial charge is 0.160 e. The molecule has 3 aromatic heterocycles. The number of hydrogen-bond donors (Lipinski definition) is 0. The predicted molar refractivity (Wildman–Crippen MR) is 168 cm³/mol. The van der Waals surface area contributed by atoms with Crippen LogP contribution in [-0.2, 0) is 6.42 Å².